The molecule has 1 aromatic carbocycles. The molecule has 26 heavy (non-hydrogen) atoms. The van der Waals surface area contributed by atoms with Crippen molar-refractivity contribution in [3.63, 3.8) is 0 Å². The van der Waals surface area contributed by atoms with E-state index in [1.54, 1.807) is 4.68 Å². The van der Waals surface area contributed by atoms with Crippen molar-refractivity contribution in [1.29, 1.82) is 0 Å². The van der Waals surface area contributed by atoms with Gasteiger partial charge in [-0.1, -0.05) is 68.0 Å². The summed E-state index contributed by atoms with van der Waals surface area (Å²) in [5, 5.41) is 7.65. The number of hydrogen-bond donors (Lipinski definition) is 1. The number of amides is 1. The van der Waals surface area contributed by atoms with Gasteiger partial charge in [0.05, 0.1) is 11.4 Å². The maximum absolute atomic E-state index is 12.2. The molecule has 4 nitrogen and oxygen atoms in total. The van der Waals surface area contributed by atoms with Crippen molar-refractivity contribution in [2.45, 2.75) is 57.3 Å². The topological polar surface area (TPSA) is 46.9 Å². The molecular formula is C19H27N3OS3. The third kappa shape index (κ3) is 6.52. The Morgan fingerprint density at radius 2 is 2.04 bits per heavy atom. The summed E-state index contributed by atoms with van der Waals surface area (Å²) in [4.78, 5) is 12.2. The van der Waals surface area contributed by atoms with E-state index >= 15 is 0 Å². The van der Waals surface area contributed by atoms with E-state index < -0.39 is 0 Å². The number of carbonyl (C=O) groups is 1. The fourth-order valence-electron chi connectivity index (χ4n) is 2.62. The molecule has 0 aliphatic rings. The third-order valence-corrected chi connectivity index (χ3v) is 6.39. The molecule has 2 rings (SSSR count). The first-order valence-corrected chi connectivity index (χ1v) is 11.2. The van der Waals surface area contributed by atoms with Crippen LogP contribution >= 0.6 is 35.3 Å². The van der Waals surface area contributed by atoms with Gasteiger partial charge in [-0.15, -0.1) is 5.10 Å². The molecule has 1 heterocycles. The van der Waals surface area contributed by atoms with Gasteiger partial charge in [0.2, 0.25) is 5.91 Å². The maximum Gasteiger partial charge on any atom is 0.230 e. The molecule has 0 bridgehead atoms. The Bertz CT molecular complexity index is 782. The molecule has 1 N–H and O–H groups in total. The van der Waals surface area contributed by atoms with Crippen molar-refractivity contribution in [3.8, 4) is 5.69 Å². The Hall–Kier alpha value is -1.18. The molecule has 0 saturated heterocycles. The minimum absolute atomic E-state index is 0.0515. The van der Waals surface area contributed by atoms with Crippen LogP contribution in [0.2, 0.25) is 0 Å². The zero-order valence-corrected chi connectivity index (χ0v) is 18.3. The molecule has 0 saturated carbocycles. The van der Waals surface area contributed by atoms with Gasteiger partial charge < -0.3 is 5.32 Å². The summed E-state index contributed by atoms with van der Waals surface area (Å²) in [6, 6.07) is 8.23. The van der Waals surface area contributed by atoms with Crippen LogP contribution in [-0.2, 0) is 4.79 Å². The lowest BCUT2D eigenvalue weighted by molar-refractivity contribution is -0.119. The Labute approximate surface area is 169 Å². The number of aryl methyl sites for hydroxylation is 1. The second kappa shape index (κ2) is 10.2. The zero-order valence-electron chi connectivity index (χ0n) is 15.8. The molecule has 1 aromatic heterocycles. The molecule has 0 spiro atoms. The van der Waals surface area contributed by atoms with Gasteiger partial charge in [-0.25, -0.2) is 4.68 Å². The molecule has 0 fully saturated rings. The number of rotatable bonds is 9. The first-order chi connectivity index (χ1) is 12.4. The van der Waals surface area contributed by atoms with Crippen LogP contribution in [0, 0.1) is 16.8 Å². The van der Waals surface area contributed by atoms with Gasteiger partial charge in [-0.05, 0) is 50.0 Å². The van der Waals surface area contributed by atoms with Crippen molar-refractivity contribution < 1.29 is 4.79 Å². The van der Waals surface area contributed by atoms with Crippen LogP contribution in [0.4, 0.5) is 0 Å². The first kappa shape index (κ1) is 21.1. The van der Waals surface area contributed by atoms with Gasteiger partial charge in [0, 0.05) is 6.04 Å². The molecular weight excluding hydrogens is 382 g/mol. The highest BCUT2D eigenvalue weighted by Gasteiger charge is 2.12. The summed E-state index contributed by atoms with van der Waals surface area (Å²) < 4.78 is 3.30. The smallest absolute Gasteiger partial charge is 0.230 e. The average Bonchev–Trinajstić information content (AvgIpc) is 2.94. The Kier molecular flexibility index (Phi) is 8.31. The molecule has 0 radical (unpaired) electrons. The van der Waals surface area contributed by atoms with Crippen LogP contribution in [-0.4, -0.2) is 27.5 Å². The number of nitrogens with zero attached hydrogens (tertiary/aromatic N) is 2. The van der Waals surface area contributed by atoms with Crippen LogP contribution in [0.5, 0.6) is 0 Å². The molecule has 1 amide bonds. The lowest BCUT2D eigenvalue weighted by atomic mass is 10.0. The molecule has 0 aliphatic carbocycles. The normalized spacial score (nSPS) is 12.3. The van der Waals surface area contributed by atoms with E-state index in [0.717, 1.165) is 28.4 Å². The molecule has 0 aliphatic heterocycles. The fourth-order valence-corrected chi connectivity index (χ4v) is 4.78. The number of thioether (sulfide) groups is 1. The van der Waals surface area contributed by atoms with Crippen molar-refractivity contribution in [3.05, 3.63) is 33.8 Å². The third-order valence-electron chi connectivity index (χ3n) is 4.03. The van der Waals surface area contributed by atoms with Crippen LogP contribution < -0.4 is 5.32 Å². The largest absolute Gasteiger partial charge is 0.353 e. The molecule has 1 atom stereocenters. The van der Waals surface area contributed by atoms with Crippen LogP contribution in [0.1, 0.15) is 45.6 Å². The highest BCUT2D eigenvalue weighted by atomic mass is 32.2. The first-order valence-electron chi connectivity index (χ1n) is 8.95. The lowest BCUT2D eigenvalue weighted by Crippen LogP contribution is -2.33. The monoisotopic (exact) mass is 409 g/mol. The van der Waals surface area contributed by atoms with E-state index in [1.807, 2.05) is 31.2 Å². The zero-order chi connectivity index (χ0) is 19.1. The van der Waals surface area contributed by atoms with Gasteiger partial charge in [0.25, 0.3) is 0 Å². The van der Waals surface area contributed by atoms with Gasteiger partial charge in [0.1, 0.15) is 0 Å². The lowest BCUT2D eigenvalue weighted by Gasteiger charge is -2.14. The number of aromatic nitrogens is 2. The number of para-hydroxylation sites is 1. The highest BCUT2D eigenvalue weighted by molar-refractivity contribution is 8.01. The molecule has 2 aromatic rings. The van der Waals surface area contributed by atoms with Crippen molar-refractivity contribution >= 4 is 41.2 Å². The molecule has 0 unspecified atom stereocenters. The SMILES string of the molecule is Cc1ccccc1-n1nc(SCC(=O)N[C@@H](C)CCCC(C)C)sc1=S. The summed E-state index contributed by atoms with van der Waals surface area (Å²) >= 11 is 8.33. The highest BCUT2D eigenvalue weighted by Crippen LogP contribution is 2.25. The minimum atomic E-state index is 0.0515. The minimum Gasteiger partial charge on any atom is -0.353 e. The number of benzene rings is 1. The second-order valence-electron chi connectivity index (χ2n) is 6.91. The summed E-state index contributed by atoms with van der Waals surface area (Å²) in [7, 11) is 0. The summed E-state index contributed by atoms with van der Waals surface area (Å²) in [5.41, 5.74) is 2.11. The second-order valence-corrected chi connectivity index (χ2v) is 9.76. The summed E-state index contributed by atoms with van der Waals surface area (Å²) in [5.74, 6) is 1.13. The quantitative estimate of drug-likeness (QED) is 0.445. The van der Waals surface area contributed by atoms with Gasteiger partial charge in [-0.3, -0.25) is 4.79 Å². The van der Waals surface area contributed by atoms with E-state index in [2.05, 4.69) is 31.2 Å². The van der Waals surface area contributed by atoms with Gasteiger partial charge in [-0.2, -0.15) is 0 Å². The number of carbonyl (C=O) groups excluding carboxylic acids is 1. The number of hydrogen-bond acceptors (Lipinski definition) is 5. The van der Waals surface area contributed by atoms with Crippen LogP contribution in [0.25, 0.3) is 5.69 Å². The van der Waals surface area contributed by atoms with Crippen molar-refractivity contribution in [1.82, 2.24) is 15.1 Å². The predicted molar refractivity (Wildman–Crippen MR) is 114 cm³/mol. The average molecular weight is 410 g/mol. The van der Waals surface area contributed by atoms with Gasteiger partial charge >= 0.3 is 0 Å². The maximum atomic E-state index is 12.2. The molecule has 7 heteroatoms. The van der Waals surface area contributed by atoms with E-state index in [9.17, 15) is 4.79 Å². The standard InChI is InChI=1S/C19H27N3OS3/c1-13(2)8-7-10-15(4)20-17(23)12-25-18-21-22(19(24)26-18)16-11-6-5-9-14(16)3/h5-6,9,11,13,15H,7-8,10,12H2,1-4H3,(H,20,23)/t15-/m0/s1. The Balaban J connectivity index is 1.86. The predicted octanol–water partition coefficient (Wildman–Crippen LogP) is 5.39. The van der Waals surface area contributed by atoms with E-state index in [0.29, 0.717) is 15.6 Å². The van der Waals surface area contributed by atoms with Crippen LogP contribution in [0.3, 0.4) is 0 Å². The Morgan fingerprint density at radius 1 is 1.31 bits per heavy atom. The van der Waals surface area contributed by atoms with E-state index in [1.165, 1.54) is 29.5 Å². The molecule has 142 valence electrons. The summed E-state index contributed by atoms with van der Waals surface area (Å²) in [6.07, 6.45) is 3.37. The summed E-state index contributed by atoms with van der Waals surface area (Å²) in [6.45, 7) is 8.56. The van der Waals surface area contributed by atoms with Crippen molar-refractivity contribution in [2.75, 3.05) is 5.75 Å². The van der Waals surface area contributed by atoms with Gasteiger partial charge in [0.15, 0.2) is 8.29 Å². The van der Waals surface area contributed by atoms with Crippen molar-refractivity contribution in [2.24, 2.45) is 5.92 Å². The van der Waals surface area contributed by atoms with E-state index in [-0.39, 0.29) is 11.9 Å². The van der Waals surface area contributed by atoms with Crippen LogP contribution in [0.15, 0.2) is 28.6 Å². The fraction of sp³-hybridized carbons (Fsp3) is 0.526. The number of nitrogens with one attached hydrogen (secondary N) is 1. The Morgan fingerprint density at radius 3 is 2.73 bits per heavy atom. The van der Waals surface area contributed by atoms with E-state index in [4.69, 9.17) is 12.2 Å².